The monoisotopic (exact) mass is 251 g/mol. The Kier molecular flexibility index (Phi) is 6.67. The Morgan fingerprint density at radius 3 is 2.44 bits per heavy atom. The Hall–Kier alpha value is -0.590. The van der Waals surface area contributed by atoms with Crippen LogP contribution >= 0.6 is 0 Å². The molecule has 0 radical (unpaired) electrons. The van der Waals surface area contributed by atoms with Gasteiger partial charge in [0.2, 0.25) is 0 Å². The van der Waals surface area contributed by atoms with Gasteiger partial charge in [-0.05, 0) is 65.6 Å². The highest BCUT2D eigenvalue weighted by atomic mass is 15.2. The van der Waals surface area contributed by atoms with Crippen molar-refractivity contribution in [2.24, 2.45) is 0 Å². The SMILES string of the molecule is CCCCN(CCCCC(C)(C#N)NC)C1CC1. The van der Waals surface area contributed by atoms with E-state index in [1.165, 1.54) is 45.2 Å². The Balaban J connectivity index is 2.17. The minimum absolute atomic E-state index is 0.339. The van der Waals surface area contributed by atoms with E-state index in [2.05, 4.69) is 23.2 Å². The first kappa shape index (κ1) is 15.5. The highest BCUT2D eigenvalue weighted by Crippen LogP contribution is 2.27. The summed E-state index contributed by atoms with van der Waals surface area (Å²) in [6.45, 7) is 6.73. The van der Waals surface area contributed by atoms with Crippen LogP contribution in [0.2, 0.25) is 0 Å². The van der Waals surface area contributed by atoms with E-state index < -0.39 is 0 Å². The molecule has 0 amide bonds. The summed E-state index contributed by atoms with van der Waals surface area (Å²) >= 11 is 0. The number of rotatable bonds is 10. The van der Waals surface area contributed by atoms with Crippen molar-refractivity contribution in [3.63, 3.8) is 0 Å². The fraction of sp³-hybridized carbons (Fsp3) is 0.933. The van der Waals surface area contributed by atoms with Crippen molar-refractivity contribution in [1.29, 1.82) is 5.26 Å². The van der Waals surface area contributed by atoms with Crippen LogP contribution in [-0.2, 0) is 0 Å². The van der Waals surface area contributed by atoms with Crippen LogP contribution in [0.25, 0.3) is 0 Å². The first-order chi connectivity index (χ1) is 8.65. The number of nitriles is 1. The van der Waals surface area contributed by atoms with Gasteiger partial charge in [-0.25, -0.2) is 0 Å². The number of nitrogens with zero attached hydrogens (tertiary/aromatic N) is 2. The summed E-state index contributed by atoms with van der Waals surface area (Å²) in [6.07, 6.45) is 8.72. The molecule has 1 saturated carbocycles. The largest absolute Gasteiger partial charge is 0.303 e. The minimum atomic E-state index is -0.339. The molecule has 1 aliphatic carbocycles. The zero-order valence-corrected chi connectivity index (χ0v) is 12.3. The lowest BCUT2D eigenvalue weighted by atomic mass is 9.97. The number of nitrogens with one attached hydrogen (secondary N) is 1. The molecule has 1 atom stereocenters. The summed E-state index contributed by atoms with van der Waals surface area (Å²) < 4.78 is 0. The van der Waals surface area contributed by atoms with Crippen LogP contribution in [0, 0.1) is 11.3 Å². The van der Waals surface area contributed by atoms with Crippen LogP contribution in [-0.4, -0.2) is 36.6 Å². The highest BCUT2D eigenvalue weighted by molar-refractivity contribution is 5.02. The maximum atomic E-state index is 9.09. The van der Waals surface area contributed by atoms with E-state index >= 15 is 0 Å². The maximum absolute atomic E-state index is 9.09. The summed E-state index contributed by atoms with van der Waals surface area (Å²) in [6, 6.07) is 3.24. The molecule has 0 spiro atoms. The van der Waals surface area contributed by atoms with Crippen molar-refractivity contribution in [3.8, 4) is 6.07 Å². The first-order valence-corrected chi connectivity index (χ1v) is 7.49. The van der Waals surface area contributed by atoms with E-state index in [0.29, 0.717) is 0 Å². The normalized spacial score (nSPS) is 18.6. The topological polar surface area (TPSA) is 39.1 Å². The van der Waals surface area contributed by atoms with Crippen molar-refractivity contribution < 1.29 is 0 Å². The molecular formula is C15H29N3. The van der Waals surface area contributed by atoms with Crippen molar-refractivity contribution >= 4 is 0 Å². The maximum Gasteiger partial charge on any atom is 0.103 e. The van der Waals surface area contributed by atoms with Crippen LogP contribution < -0.4 is 5.32 Å². The number of unbranched alkanes of at least 4 members (excludes halogenated alkanes) is 2. The third kappa shape index (κ3) is 5.37. The standard InChI is InChI=1S/C15H29N3/c1-4-5-11-18(14-8-9-14)12-7-6-10-15(2,13-16)17-3/h14,17H,4-12H2,1-3H3. The third-order valence-electron chi connectivity index (χ3n) is 4.03. The molecular weight excluding hydrogens is 222 g/mol. The van der Waals surface area contributed by atoms with E-state index in [1.807, 2.05) is 14.0 Å². The molecule has 0 saturated heterocycles. The van der Waals surface area contributed by atoms with Gasteiger partial charge in [0.05, 0.1) is 6.07 Å². The van der Waals surface area contributed by atoms with Gasteiger partial charge in [0.25, 0.3) is 0 Å². The van der Waals surface area contributed by atoms with E-state index in [0.717, 1.165) is 18.9 Å². The molecule has 3 nitrogen and oxygen atoms in total. The van der Waals surface area contributed by atoms with Gasteiger partial charge in [0, 0.05) is 6.04 Å². The molecule has 104 valence electrons. The zero-order chi connectivity index (χ0) is 13.4. The summed E-state index contributed by atoms with van der Waals surface area (Å²) in [5.74, 6) is 0. The smallest absolute Gasteiger partial charge is 0.103 e. The average molecular weight is 251 g/mol. The van der Waals surface area contributed by atoms with Gasteiger partial charge in [0.1, 0.15) is 5.54 Å². The summed E-state index contributed by atoms with van der Waals surface area (Å²) in [5.41, 5.74) is -0.339. The van der Waals surface area contributed by atoms with E-state index in [4.69, 9.17) is 5.26 Å². The molecule has 0 aromatic carbocycles. The van der Waals surface area contributed by atoms with E-state index in [-0.39, 0.29) is 5.54 Å². The Labute approximate surface area is 113 Å². The molecule has 18 heavy (non-hydrogen) atoms. The van der Waals surface area contributed by atoms with Crippen LogP contribution in [0.15, 0.2) is 0 Å². The Bertz CT molecular complexity index is 267. The molecule has 1 rings (SSSR count). The zero-order valence-electron chi connectivity index (χ0n) is 12.3. The molecule has 0 heterocycles. The van der Waals surface area contributed by atoms with Crippen molar-refractivity contribution in [2.75, 3.05) is 20.1 Å². The van der Waals surface area contributed by atoms with Gasteiger partial charge >= 0.3 is 0 Å². The average Bonchev–Trinajstić information content (AvgIpc) is 3.22. The quantitative estimate of drug-likeness (QED) is 0.607. The summed E-state index contributed by atoms with van der Waals surface area (Å²) in [7, 11) is 1.88. The molecule has 0 aromatic rings. The fourth-order valence-electron chi connectivity index (χ4n) is 2.31. The van der Waals surface area contributed by atoms with Gasteiger partial charge in [-0.2, -0.15) is 5.26 Å². The second kappa shape index (κ2) is 7.76. The fourth-order valence-corrected chi connectivity index (χ4v) is 2.31. The summed E-state index contributed by atoms with van der Waals surface area (Å²) in [5, 5.41) is 12.2. The lowest BCUT2D eigenvalue weighted by Crippen LogP contribution is -2.38. The van der Waals surface area contributed by atoms with Gasteiger partial charge in [-0.3, -0.25) is 0 Å². The predicted molar refractivity (Wildman–Crippen MR) is 76.4 cm³/mol. The Morgan fingerprint density at radius 1 is 1.28 bits per heavy atom. The van der Waals surface area contributed by atoms with E-state index in [9.17, 15) is 0 Å². The predicted octanol–water partition coefficient (Wildman–Crippen LogP) is 2.92. The minimum Gasteiger partial charge on any atom is -0.303 e. The van der Waals surface area contributed by atoms with E-state index in [1.54, 1.807) is 0 Å². The molecule has 0 bridgehead atoms. The third-order valence-corrected chi connectivity index (χ3v) is 4.03. The van der Waals surface area contributed by atoms with Crippen molar-refractivity contribution in [3.05, 3.63) is 0 Å². The van der Waals surface area contributed by atoms with Crippen LogP contribution in [0.4, 0.5) is 0 Å². The molecule has 1 unspecified atom stereocenters. The van der Waals surface area contributed by atoms with Crippen molar-refractivity contribution in [1.82, 2.24) is 10.2 Å². The number of hydrogen-bond donors (Lipinski definition) is 1. The Morgan fingerprint density at radius 2 is 1.94 bits per heavy atom. The lowest BCUT2D eigenvalue weighted by molar-refractivity contribution is 0.250. The van der Waals surface area contributed by atoms with Gasteiger partial charge in [-0.1, -0.05) is 13.3 Å². The van der Waals surface area contributed by atoms with Crippen LogP contribution in [0.3, 0.4) is 0 Å². The molecule has 0 aliphatic heterocycles. The molecule has 1 aliphatic rings. The van der Waals surface area contributed by atoms with Crippen LogP contribution in [0.5, 0.6) is 0 Å². The number of hydrogen-bond acceptors (Lipinski definition) is 3. The molecule has 0 aromatic heterocycles. The van der Waals surface area contributed by atoms with Gasteiger partial charge in [-0.15, -0.1) is 0 Å². The molecule has 1 N–H and O–H groups in total. The highest BCUT2D eigenvalue weighted by Gasteiger charge is 2.28. The van der Waals surface area contributed by atoms with Gasteiger partial charge in [0.15, 0.2) is 0 Å². The van der Waals surface area contributed by atoms with Crippen LogP contribution in [0.1, 0.15) is 58.8 Å². The van der Waals surface area contributed by atoms with Gasteiger partial charge < -0.3 is 10.2 Å². The second-order valence-electron chi connectivity index (χ2n) is 5.77. The first-order valence-electron chi connectivity index (χ1n) is 7.49. The van der Waals surface area contributed by atoms with Crippen molar-refractivity contribution in [2.45, 2.75) is 70.4 Å². The second-order valence-corrected chi connectivity index (χ2v) is 5.77. The lowest BCUT2D eigenvalue weighted by Gasteiger charge is -2.24. The summed E-state index contributed by atoms with van der Waals surface area (Å²) in [4.78, 5) is 2.66. The molecule has 3 heteroatoms. The molecule has 1 fully saturated rings.